The normalized spacial score (nSPS) is 18.6. The second-order valence-electron chi connectivity index (χ2n) is 9.18. The molecule has 0 saturated carbocycles. The van der Waals surface area contributed by atoms with Crippen LogP contribution in [0.5, 0.6) is 17.2 Å². The Morgan fingerprint density at radius 3 is 2.22 bits per heavy atom. The number of anilines is 1. The Labute approximate surface area is 212 Å². The van der Waals surface area contributed by atoms with E-state index in [1.54, 1.807) is 12.0 Å². The number of carbonyl (C=O) groups is 1. The molecule has 36 heavy (non-hydrogen) atoms. The average Bonchev–Trinajstić information content (AvgIpc) is 3.29. The summed E-state index contributed by atoms with van der Waals surface area (Å²) in [5.74, 6) is 2.46. The monoisotopic (exact) mass is 488 g/mol. The van der Waals surface area contributed by atoms with Gasteiger partial charge in [0.15, 0.2) is 0 Å². The van der Waals surface area contributed by atoms with Crippen LogP contribution in [0.3, 0.4) is 0 Å². The Bertz CT molecular complexity index is 1110. The predicted molar refractivity (Wildman–Crippen MR) is 138 cm³/mol. The Morgan fingerprint density at radius 2 is 1.53 bits per heavy atom. The number of ether oxygens (including phenoxy) is 4. The van der Waals surface area contributed by atoms with Crippen LogP contribution in [0, 0.1) is 0 Å². The van der Waals surface area contributed by atoms with Crippen LogP contribution in [0.2, 0.25) is 0 Å². The van der Waals surface area contributed by atoms with E-state index in [9.17, 15) is 4.79 Å². The number of piperidine rings is 1. The van der Waals surface area contributed by atoms with Gasteiger partial charge in [-0.25, -0.2) is 4.79 Å². The zero-order valence-corrected chi connectivity index (χ0v) is 20.5. The van der Waals surface area contributed by atoms with E-state index in [0.29, 0.717) is 13.2 Å². The molecular formula is C29H32N2O5. The number of benzene rings is 3. The first-order chi connectivity index (χ1) is 17.7. The maximum absolute atomic E-state index is 12.4. The number of hydrogen-bond donors (Lipinski definition) is 0. The number of hydrogen-bond acceptors (Lipinski definition) is 6. The van der Waals surface area contributed by atoms with Crippen molar-refractivity contribution in [1.29, 1.82) is 0 Å². The van der Waals surface area contributed by atoms with Crippen molar-refractivity contribution in [3.05, 3.63) is 84.4 Å². The number of methoxy groups -OCH3 is 1. The van der Waals surface area contributed by atoms with Crippen LogP contribution in [-0.4, -0.2) is 56.5 Å². The summed E-state index contributed by atoms with van der Waals surface area (Å²) in [6, 6.07) is 25.5. The molecule has 1 amide bonds. The third-order valence-electron chi connectivity index (χ3n) is 6.63. The van der Waals surface area contributed by atoms with E-state index in [-0.39, 0.29) is 18.3 Å². The molecule has 188 valence electrons. The third kappa shape index (κ3) is 6.10. The summed E-state index contributed by atoms with van der Waals surface area (Å²) in [5, 5.41) is 0. The van der Waals surface area contributed by atoms with E-state index >= 15 is 0 Å². The lowest BCUT2D eigenvalue weighted by atomic mass is 10.1. The molecule has 0 N–H and O–H groups in total. The first-order valence-corrected chi connectivity index (χ1v) is 12.4. The molecule has 1 atom stereocenters. The Hall–Kier alpha value is -3.71. The maximum Gasteiger partial charge on any atom is 0.414 e. The Morgan fingerprint density at radius 1 is 0.861 bits per heavy atom. The second kappa shape index (κ2) is 11.4. The van der Waals surface area contributed by atoms with E-state index in [2.05, 4.69) is 17.0 Å². The molecule has 0 spiro atoms. The fourth-order valence-electron chi connectivity index (χ4n) is 4.64. The molecule has 2 saturated heterocycles. The molecule has 0 radical (unpaired) electrons. The van der Waals surface area contributed by atoms with E-state index < -0.39 is 0 Å². The number of likely N-dealkylation sites (tertiary alicyclic amines) is 1. The standard InChI is InChI=1S/C29H32N2O5/c1-33-24-9-7-23(8-10-24)31-20-28(36-29(31)32)19-30-17-15-27(16-18-30)35-26-13-11-25(12-14-26)34-21-22-5-3-2-4-6-22/h2-14,27-28H,15-21H2,1H3/t28-/m0/s1. The van der Waals surface area contributed by atoms with Crippen molar-refractivity contribution in [2.24, 2.45) is 0 Å². The highest BCUT2D eigenvalue weighted by Crippen LogP contribution is 2.26. The number of nitrogens with zero attached hydrogens (tertiary/aromatic N) is 2. The molecule has 0 aromatic heterocycles. The van der Waals surface area contributed by atoms with Gasteiger partial charge in [-0.3, -0.25) is 9.80 Å². The fraction of sp³-hybridized carbons (Fsp3) is 0.345. The van der Waals surface area contributed by atoms with Gasteiger partial charge in [0.1, 0.15) is 36.1 Å². The van der Waals surface area contributed by atoms with Gasteiger partial charge in [0.05, 0.1) is 13.7 Å². The van der Waals surface area contributed by atoms with Crippen molar-refractivity contribution in [2.75, 3.05) is 38.2 Å². The van der Waals surface area contributed by atoms with Crippen molar-refractivity contribution in [3.63, 3.8) is 0 Å². The zero-order valence-electron chi connectivity index (χ0n) is 20.5. The largest absolute Gasteiger partial charge is 0.497 e. The number of rotatable bonds is 9. The van der Waals surface area contributed by atoms with Gasteiger partial charge in [-0.05, 0) is 66.9 Å². The minimum absolute atomic E-state index is 0.138. The molecule has 2 fully saturated rings. The van der Waals surface area contributed by atoms with Gasteiger partial charge in [-0.2, -0.15) is 0 Å². The number of amides is 1. The van der Waals surface area contributed by atoms with Crippen molar-refractivity contribution in [3.8, 4) is 17.2 Å². The molecule has 2 aliphatic rings. The van der Waals surface area contributed by atoms with Gasteiger partial charge in [-0.1, -0.05) is 30.3 Å². The summed E-state index contributed by atoms with van der Waals surface area (Å²) in [6.45, 7) is 3.67. The highest BCUT2D eigenvalue weighted by Gasteiger charge is 2.34. The van der Waals surface area contributed by atoms with Gasteiger partial charge in [-0.15, -0.1) is 0 Å². The van der Waals surface area contributed by atoms with Crippen molar-refractivity contribution >= 4 is 11.8 Å². The van der Waals surface area contributed by atoms with Gasteiger partial charge in [0, 0.05) is 25.3 Å². The molecule has 0 bridgehead atoms. The highest BCUT2D eigenvalue weighted by atomic mass is 16.6. The first kappa shape index (κ1) is 24.0. The third-order valence-corrected chi connectivity index (χ3v) is 6.63. The van der Waals surface area contributed by atoms with Crippen LogP contribution in [-0.2, 0) is 11.3 Å². The van der Waals surface area contributed by atoms with Crippen LogP contribution in [0.25, 0.3) is 0 Å². The molecule has 2 aliphatic heterocycles. The summed E-state index contributed by atoms with van der Waals surface area (Å²) in [6.07, 6.45) is 1.63. The smallest absolute Gasteiger partial charge is 0.414 e. The van der Waals surface area contributed by atoms with E-state index in [1.807, 2.05) is 66.7 Å². The lowest BCUT2D eigenvalue weighted by molar-refractivity contribution is 0.0655. The fourth-order valence-corrected chi connectivity index (χ4v) is 4.64. The molecule has 0 aliphatic carbocycles. The molecule has 7 nitrogen and oxygen atoms in total. The number of carbonyl (C=O) groups excluding carboxylic acids is 1. The molecule has 5 rings (SSSR count). The summed E-state index contributed by atoms with van der Waals surface area (Å²) >= 11 is 0. The molecular weight excluding hydrogens is 456 g/mol. The van der Waals surface area contributed by atoms with Crippen LogP contribution >= 0.6 is 0 Å². The molecule has 7 heteroatoms. The van der Waals surface area contributed by atoms with Crippen LogP contribution in [0.4, 0.5) is 10.5 Å². The summed E-state index contributed by atoms with van der Waals surface area (Å²) in [7, 11) is 1.63. The van der Waals surface area contributed by atoms with E-state index in [1.165, 1.54) is 0 Å². The zero-order chi connectivity index (χ0) is 24.7. The van der Waals surface area contributed by atoms with E-state index in [0.717, 1.165) is 61.0 Å². The summed E-state index contributed by atoms with van der Waals surface area (Å²) in [4.78, 5) is 16.4. The van der Waals surface area contributed by atoms with Gasteiger partial charge in [0.25, 0.3) is 0 Å². The van der Waals surface area contributed by atoms with Crippen LogP contribution in [0.1, 0.15) is 18.4 Å². The SMILES string of the molecule is COc1ccc(N2C[C@H](CN3CCC(Oc4ccc(OCc5ccccc5)cc4)CC3)OC2=O)cc1. The van der Waals surface area contributed by atoms with Crippen molar-refractivity contribution in [2.45, 2.75) is 31.7 Å². The minimum Gasteiger partial charge on any atom is -0.497 e. The van der Waals surface area contributed by atoms with E-state index in [4.69, 9.17) is 18.9 Å². The van der Waals surface area contributed by atoms with Crippen LogP contribution in [0.15, 0.2) is 78.9 Å². The lowest BCUT2D eigenvalue weighted by Crippen LogP contribution is -2.42. The Balaban J connectivity index is 1.04. The number of cyclic esters (lactones) is 1. The van der Waals surface area contributed by atoms with Gasteiger partial charge >= 0.3 is 6.09 Å². The van der Waals surface area contributed by atoms with Gasteiger partial charge < -0.3 is 18.9 Å². The second-order valence-corrected chi connectivity index (χ2v) is 9.18. The molecule has 3 aromatic rings. The highest BCUT2D eigenvalue weighted by molar-refractivity contribution is 5.89. The lowest BCUT2D eigenvalue weighted by Gasteiger charge is -2.33. The summed E-state index contributed by atoms with van der Waals surface area (Å²) < 4.78 is 22.9. The quantitative estimate of drug-likeness (QED) is 0.416. The molecule has 0 unspecified atom stereocenters. The molecule has 2 heterocycles. The maximum atomic E-state index is 12.4. The Kier molecular flexibility index (Phi) is 7.57. The topological polar surface area (TPSA) is 60.5 Å². The summed E-state index contributed by atoms with van der Waals surface area (Å²) in [5.41, 5.74) is 1.97. The van der Waals surface area contributed by atoms with Crippen molar-refractivity contribution < 1.29 is 23.7 Å². The van der Waals surface area contributed by atoms with Gasteiger partial charge in [0.2, 0.25) is 0 Å². The van der Waals surface area contributed by atoms with Crippen LogP contribution < -0.4 is 19.1 Å². The first-order valence-electron chi connectivity index (χ1n) is 12.4. The predicted octanol–water partition coefficient (Wildman–Crippen LogP) is 5.14. The average molecular weight is 489 g/mol. The van der Waals surface area contributed by atoms with Crippen molar-refractivity contribution in [1.82, 2.24) is 4.90 Å². The minimum atomic E-state index is -0.292. The molecule has 3 aromatic carbocycles.